The number of amides is 1. The maximum Gasteiger partial charge on any atom is 0.262 e. The molecule has 1 fully saturated rings. The summed E-state index contributed by atoms with van der Waals surface area (Å²) in [5, 5.41) is 4.47. The van der Waals surface area contributed by atoms with Crippen molar-refractivity contribution in [3.8, 4) is 5.69 Å². The number of carbonyl (C=O) groups excluding carboxylic acids is 1. The molecule has 0 radical (unpaired) electrons. The molecule has 4 heterocycles. The highest BCUT2D eigenvalue weighted by Crippen LogP contribution is 2.30. The van der Waals surface area contributed by atoms with Crippen LogP contribution in [0.5, 0.6) is 0 Å². The number of alkyl halides is 1. The number of halogens is 2. The molecule has 0 saturated carbocycles. The van der Waals surface area contributed by atoms with E-state index < -0.39 is 12.0 Å². The van der Waals surface area contributed by atoms with Crippen LogP contribution in [0.4, 0.5) is 20.3 Å². The van der Waals surface area contributed by atoms with E-state index in [2.05, 4.69) is 10.1 Å². The molecule has 3 aromatic rings. The third-order valence-electron chi connectivity index (χ3n) is 5.17. The average molecular weight is 381 g/mol. The number of benzene rings is 1. The lowest BCUT2D eigenvalue weighted by Gasteiger charge is -2.17. The summed E-state index contributed by atoms with van der Waals surface area (Å²) < 4.78 is 29.0. The third-order valence-corrected chi connectivity index (χ3v) is 5.17. The van der Waals surface area contributed by atoms with Gasteiger partial charge in [-0.25, -0.2) is 18.4 Å². The van der Waals surface area contributed by atoms with Crippen molar-refractivity contribution in [2.45, 2.75) is 19.1 Å². The maximum absolute atomic E-state index is 14.0. The van der Waals surface area contributed by atoms with Gasteiger partial charge in [-0.05, 0) is 30.7 Å². The molecule has 5 rings (SSSR count). The van der Waals surface area contributed by atoms with Gasteiger partial charge in [0.1, 0.15) is 17.8 Å². The van der Waals surface area contributed by atoms with Crippen LogP contribution in [-0.2, 0) is 6.54 Å². The van der Waals surface area contributed by atoms with Crippen LogP contribution in [0.2, 0.25) is 0 Å². The van der Waals surface area contributed by atoms with E-state index in [-0.39, 0.29) is 18.1 Å². The molecule has 1 aromatic carbocycles. The zero-order chi connectivity index (χ0) is 19.3. The summed E-state index contributed by atoms with van der Waals surface area (Å²) in [7, 11) is 0. The molecule has 1 amide bonds. The van der Waals surface area contributed by atoms with Crippen molar-refractivity contribution in [2.24, 2.45) is 0 Å². The lowest BCUT2D eigenvalue weighted by atomic mass is 10.2. The molecule has 0 aliphatic carbocycles. The van der Waals surface area contributed by atoms with E-state index in [0.717, 1.165) is 5.82 Å². The summed E-state index contributed by atoms with van der Waals surface area (Å²) in [5.74, 6) is 0.0125. The lowest BCUT2D eigenvalue weighted by Crippen LogP contribution is -2.24. The van der Waals surface area contributed by atoms with E-state index in [4.69, 9.17) is 0 Å². The van der Waals surface area contributed by atoms with Gasteiger partial charge >= 0.3 is 0 Å². The first kappa shape index (κ1) is 16.9. The third kappa shape index (κ3) is 2.72. The first-order valence-corrected chi connectivity index (χ1v) is 9.10. The minimum Gasteiger partial charge on any atom is -0.354 e. The summed E-state index contributed by atoms with van der Waals surface area (Å²) in [6, 6.07) is 9.86. The molecular weight excluding hydrogens is 364 g/mol. The number of rotatable bonds is 3. The quantitative estimate of drug-likeness (QED) is 0.700. The average Bonchev–Trinajstić information content (AvgIpc) is 3.39. The summed E-state index contributed by atoms with van der Waals surface area (Å²) in [6.45, 7) is 1.24. The summed E-state index contributed by atoms with van der Waals surface area (Å²) in [5.41, 5.74) is 2.00. The molecule has 2 aromatic heterocycles. The second-order valence-electron chi connectivity index (χ2n) is 6.98. The molecule has 2 aliphatic heterocycles. The number of para-hydroxylation sites is 1. The van der Waals surface area contributed by atoms with E-state index >= 15 is 0 Å². The van der Waals surface area contributed by atoms with Gasteiger partial charge in [0, 0.05) is 12.7 Å². The topological polar surface area (TPSA) is 54.3 Å². The molecule has 142 valence electrons. The molecular formula is C20H17F2N5O. The van der Waals surface area contributed by atoms with Gasteiger partial charge in [0.2, 0.25) is 0 Å². The van der Waals surface area contributed by atoms with Gasteiger partial charge in [0.25, 0.3) is 5.91 Å². The predicted molar refractivity (Wildman–Crippen MR) is 100.0 cm³/mol. The monoisotopic (exact) mass is 381 g/mol. The first-order valence-electron chi connectivity index (χ1n) is 9.10. The number of anilines is 2. The van der Waals surface area contributed by atoms with Crippen LogP contribution in [-0.4, -0.2) is 39.9 Å². The van der Waals surface area contributed by atoms with Gasteiger partial charge in [0.15, 0.2) is 0 Å². The van der Waals surface area contributed by atoms with Crippen molar-refractivity contribution in [1.82, 2.24) is 14.8 Å². The Morgan fingerprint density at radius 3 is 2.68 bits per heavy atom. The molecule has 28 heavy (non-hydrogen) atoms. The minimum atomic E-state index is -0.807. The maximum atomic E-state index is 14.0. The van der Waals surface area contributed by atoms with Gasteiger partial charge in [0.05, 0.1) is 41.9 Å². The van der Waals surface area contributed by atoms with E-state index in [1.165, 1.54) is 11.0 Å². The fourth-order valence-electron chi connectivity index (χ4n) is 3.70. The fourth-order valence-corrected chi connectivity index (χ4v) is 3.70. The Bertz CT molecular complexity index is 1050. The van der Waals surface area contributed by atoms with Gasteiger partial charge < -0.3 is 4.90 Å². The van der Waals surface area contributed by atoms with Crippen molar-refractivity contribution in [3.05, 3.63) is 65.9 Å². The number of carbonyl (C=O) groups is 1. The van der Waals surface area contributed by atoms with Crippen LogP contribution in [0.3, 0.4) is 0 Å². The number of hydrogen-bond donors (Lipinski definition) is 0. The van der Waals surface area contributed by atoms with E-state index in [0.29, 0.717) is 36.5 Å². The summed E-state index contributed by atoms with van der Waals surface area (Å²) in [4.78, 5) is 20.4. The Morgan fingerprint density at radius 2 is 2.00 bits per heavy atom. The predicted octanol–water partition coefficient (Wildman–Crippen LogP) is 3.12. The van der Waals surface area contributed by atoms with Crippen molar-refractivity contribution in [1.29, 1.82) is 0 Å². The van der Waals surface area contributed by atoms with E-state index in [1.807, 2.05) is 17.0 Å². The van der Waals surface area contributed by atoms with Crippen LogP contribution in [0, 0.1) is 5.82 Å². The zero-order valence-electron chi connectivity index (χ0n) is 14.9. The summed E-state index contributed by atoms with van der Waals surface area (Å²) in [6.07, 6.45) is 3.01. The molecule has 1 saturated heterocycles. The Morgan fingerprint density at radius 1 is 1.14 bits per heavy atom. The highest BCUT2D eigenvalue weighted by atomic mass is 19.1. The van der Waals surface area contributed by atoms with Gasteiger partial charge in [-0.15, -0.1) is 0 Å². The molecule has 0 unspecified atom stereocenters. The van der Waals surface area contributed by atoms with Gasteiger partial charge in [-0.1, -0.05) is 12.1 Å². The second-order valence-corrected chi connectivity index (χ2v) is 6.98. The Hall–Kier alpha value is -3.29. The normalized spacial score (nSPS) is 18.8. The van der Waals surface area contributed by atoms with Crippen LogP contribution in [0.1, 0.15) is 22.5 Å². The molecule has 2 aliphatic rings. The van der Waals surface area contributed by atoms with E-state index in [9.17, 15) is 13.6 Å². The number of nitrogens with zero attached hydrogens (tertiary/aromatic N) is 5. The van der Waals surface area contributed by atoms with Crippen LogP contribution >= 0.6 is 0 Å². The Balaban J connectivity index is 1.38. The zero-order valence-corrected chi connectivity index (χ0v) is 14.9. The summed E-state index contributed by atoms with van der Waals surface area (Å²) >= 11 is 0. The second kappa shape index (κ2) is 6.40. The first-order chi connectivity index (χ1) is 13.6. The highest BCUT2D eigenvalue weighted by Gasteiger charge is 2.33. The number of pyridine rings is 1. The smallest absolute Gasteiger partial charge is 0.262 e. The molecule has 6 nitrogen and oxygen atoms in total. The largest absolute Gasteiger partial charge is 0.354 e. The molecule has 0 bridgehead atoms. The standard InChI is InChI=1S/C20H17F2N5O/c21-13-7-8-25(10-13)19-6-5-14(9-23-19)27-11-15-17(24-27)12-26(20(15)28)18-4-2-1-3-16(18)22/h1-6,9,11,13H,7-8,10,12H2/t13-/m0/s1. The Kier molecular flexibility index (Phi) is 3.85. The van der Waals surface area contributed by atoms with Crippen LogP contribution in [0.15, 0.2) is 48.8 Å². The Labute approximate surface area is 160 Å². The molecule has 1 atom stereocenters. The highest BCUT2D eigenvalue weighted by molar-refractivity contribution is 6.09. The fraction of sp³-hybridized carbons (Fsp3) is 0.250. The van der Waals surface area contributed by atoms with Crippen LogP contribution in [0.25, 0.3) is 5.69 Å². The number of hydrogen-bond acceptors (Lipinski definition) is 4. The van der Waals surface area contributed by atoms with Crippen molar-refractivity contribution < 1.29 is 13.6 Å². The van der Waals surface area contributed by atoms with Gasteiger partial charge in [-0.2, -0.15) is 5.10 Å². The molecule has 8 heteroatoms. The number of fused-ring (bicyclic) bond motifs is 1. The van der Waals surface area contributed by atoms with Crippen molar-refractivity contribution >= 4 is 17.4 Å². The van der Waals surface area contributed by atoms with Crippen LogP contribution < -0.4 is 9.80 Å². The van der Waals surface area contributed by atoms with E-state index in [1.54, 1.807) is 35.3 Å². The lowest BCUT2D eigenvalue weighted by molar-refractivity contribution is 0.0995. The van der Waals surface area contributed by atoms with Crippen molar-refractivity contribution in [2.75, 3.05) is 22.9 Å². The molecule has 0 N–H and O–H groups in total. The number of aromatic nitrogens is 3. The minimum absolute atomic E-state index is 0.222. The molecule has 0 spiro atoms. The SMILES string of the molecule is O=C1c2cn(-c3ccc(N4CC[C@H](F)C4)nc3)nc2CN1c1ccccc1F. The van der Waals surface area contributed by atoms with Crippen molar-refractivity contribution in [3.63, 3.8) is 0 Å². The van der Waals surface area contributed by atoms with Gasteiger partial charge in [-0.3, -0.25) is 9.69 Å².